The van der Waals surface area contributed by atoms with E-state index < -0.39 is 34.0 Å². The van der Waals surface area contributed by atoms with Crippen molar-refractivity contribution in [1.82, 2.24) is 14.1 Å². The van der Waals surface area contributed by atoms with Gasteiger partial charge in [-0.1, -0.05) is 30.3 Å². The van der Waals surface area contributed by atoms with Gasteiger partial charge in [0.1, 0.15) is 12.4 Å². The summed E-state index contributed by atoms with van der Waals surface area (Å²) in [5.74, 6) is -0.423. The number of sulfonamides is 1. The second kappa shape index (κ2) is 11.5. The van der Waals surface area contributed by atoms with Gasteiger partial charge in [-0.2, -0.15) is 4.31 Å². The molecule has 2 atom stereocenters. The molecule has 1 amide bonds. The molecule has 190 valence electrons. The number of ether oxygens (including phenoxy) is 1. The lowest BCUT2D eigenvalue weighted by Crippen LogP contribution is -2.51. The maximum Gasteiger partial charge on any atom is 0.409 e. The number of hydrogen-bond donors (Lipinski definition) is 1. The van der Waals surface area contributed by atoms with Crippen molar-refractivity contribution in [3.63, 3.8) is 0 Å². The topological polar surface area (TPSA) is 90.4 Å². The first kappa shape index (κ1) is 25.6. The third kappa shape index (κ3) is 6.00. The summed E-state index contributed by atoms with van der Waals surface area (Å²) in [6.07, 6.45) is 1.34. The third-order valence-corrected chi connectivity index (χ3v) is 8.66. The molecule has 2 aliphatic rings. The van der Waals surface area contributed by atoms with Crippen molar-refractivity contribution >= 4 is 16.1 Å². The fraction of sp³-hybridized carbons (Fsp3) is 0.480. The van der Waals surface area contributed by atoms with E-state index in [2.05, 4.69) is 4.90 Å². The summed E-state index contributed by atoms with van der Waals surface area (Å²) in [5, 5.41) is 9.09. The van der Waals surface area contributed by atoms with Gasteiger partial charge >= 0.3 is 6.09 Å². The van der Waals surface area contributed by atoms with Gasteiger partial charge in [0.25, 0.3) is 0 Å². The van der Waals surface area contributed by atoms with Gasteiger partial charge in [-0.15, -0.1) is 0 Å². The number of β-amino-alcohol motifs (C(OH)–C–C–N with tert-alkyl or cyclic N) is 1. The number of benzene rings is 2. The number of aliphatic hydroxyl groups is 1. The maximum absolute atomic E-state index is 14.0. The molecule has 0 bridgehead atoms. The summed E-state index contributed by atoms with van der Waals surface area (Å²) in [7, 11) is -3.93. The van der Waals surface area contributed by atoms with E-state index in [1.807, 2.05) is 0 Å². The largest absolute Gasteiger partial charge is 0.448 e. The molecule has 0 saturated carbocycles. The lowest BCUT2D eigenvalue weighted by molar-refractivity contribution is 0.0467. The zero-order valence-electron chi connectivity index (χ0n) is 19.6. The minimum absolute atomic E-state index is 0.0737. The van der Waals surface area contributed by atoms with Crippen molar-refractivity contribution in [3.05, 3.63) is 66.0 Å². The van der Waals surface area contributed by atoms with Crippen LogP contribution in [0.1, 0.15) is 30.9 Å². The van der Waals surface area contributed by atoms with E-state index >= 15 is 0 Å². The Morgan fingerprint density at radius 3 is 2.46 bits per heavy atom. The van der Waals surface area contributed by atoms with E-state index in [0.29, 0.717) is 51.1 Å². The molecule has 35 heavy (non-hydrogen) atoms. The number of rotatable bonds is 7. The van der Waals surface area contributed by atoms with Gasteiger partial charge in [0.15, 0.2) is 0 Å². The van der Waals surface area contributed by atoms with Crippen LogP contribution in [0, 0.1) is 5.82 Å². The van der Waals surface area contributed by atoms with Crippen LogP contribution in [0.2, 0.25) is 0 Å². The number of aliphatic hydroxyl groups excluding tert-OH is 1. The van der Waals surface area contributed by atoms with E-state index in [4.69, 9.17) is 9.84 Å². The Balaban J connectivity index is 1.53. The highest BCUT2D eigenvalue weighted by molar-refractivity contribution is 7.89. The third-order valence-electron chi connectivity index (χ3n) is 6.68. The molecule has 2 aliphatic heterocycles. The average Bonchev–Trinajstić information content (AvgIpc) is 2.88. The first-order valence-electron chi connectivity index (χ1n) is 12.0. The lowest BCUT2D eigenvalue weighted by Gasteiger charge is -2.41. The molecule has 8 nitrogen and oxygen atoms in total. The fourth-order valence-electron chi connectivity index (χ4n) is 4.87. The van der Waals surface area contributed by atoms with Crippen LogP contribution in [0.15, 0.2) is 59.5 Å². The highest BCUT2D eigenvalue weighted by Crippen LogP contribution is 2.39. The van der Waals surface area contributed by atoms with Crippen molar-refractivity contribution in [1.29, 1.82) is 0 Å². The molecular formula is C25H32FN3O5S. The molecule has 2 saturated heterocycles. The van der Waals surface area contributed by atoms with Gasteiger partial charge < -0.3 is 14.7 Å². The van der Waals surface area contributed by atoms with E-state index in [9.17, 15) is 17.6 Å². The lowest BCUT2D eigenvalue weighted by atomic mass is 9.93. The Bertz CT molecular complexity index is 1090. The molecule has 0 aliphatic carbocycles. The number of nitrogens with zero attached hydrogens (tertiary/aromatic N) is 3. The summed E-state index contributed by atoms with van der Waals surface area (Å²) in [5.41, 5.74) is 0.584. The Morgan fingerprint density at radius 1 is 1.03 bits per heavy atom. The molecule has 0 aromatic heterocycles. The van der Waals surface area contributed by atoms with Gasteiger partial charge in [-0.05, 0) is 49.1 Å². The molecule has 2 fully saturated rings. The molecule has 10 heteroatoms. The molecule has 2 heterocycles. The summed E-state index contributed by atoms with van der Waals surface area (Å²) in [4.78, 5) is 16.6. The number of piperazine rings is 1. The summed E-state index contributed by atoms with van der Waals surface area (Å²) < 4.78 is 48.6. The number of hydrogen-bond acceptors (Lipinski definition) is 6. The Labute approximate surface area is 205 Å². The molecule has 4 rings (SSSR count). The molecule has 2 aromatic rings. The summed E-state index contributed by atoms with van der Waals surface area (Å²) in [6.45, 7) is 2.84. The molecule has 1 N–H and O–H groups in total. The van der Waals surface area contributed by atoms with E-state index in [0.717, 1.165) is 6.42 Å². The van der Waals surface area contributed by atoms with Crippen molar-refractivity contribution in [2.24, 2.45) is 0 Å². The van der Waals surface area contributed by atoms with Crippen molar-refractivity contribution < 1.29 is 27.4 Å². The zero-order chi connectivity index (χ0) is 24.8. The smallest absolute Gasteiger partial charge is 0.409 e. The monoisotopic (exact) mass is 505 g/mol. The van der Waals surface area contributed by atoms with Gasteiger partial charge in [0.05, 0.1) is 23.6 Å². The molecular weight excluding hydrogens is 473 g/mol. The van der Waals surface area contributed by atoms with Crippen molar-refractivity contribution in [3.8, 4) is 0 Å². The van der Waals surface area contributed by atoms with Gasteiger partial charge in [0, 0.05) is 32.7 Å². The highest BCUT2D eigenvalue weighted by Gasteiger charge is 2.41. The second-order valence-corrected chi connectivity index (χ2v) is 10.8. The number of amides is 1. The molecule has 0 radical (unpaired) electrons. The molecule has 0 unspecified atom stereocenters. The fourth-order valence-corrected chi connectivity index (χ4v) is 6.74. The number of piperidine rings is 1. The normalized spacial score (nSPS) is 22.2. The van der Waals surface area contributed by atoms with E-state index in [-0.39, 0.29) is 18.1 Å². The van der Waals surface area contributed by atoms with Crippen LogP contribution in [-0.2, 0) is 14.8 Å². The Hall–Kier alpha value is -2.53. The van der Waals surface area contributed by atoms with Crippen LogP contribution in [0.5, 0.6) is 0 Å². The number of carbonyl (C=O) groups excluding carboxylic acids is 1. The predicted octanol–water partition coefficient (Wildman–Crippen LogP) is 2.86. The van der Waals surface area contributed by atoms with E-state index in [1.54, 1.807) is 47.4 Å². The van der Waals surface area contributed by atoms with Crippen LogP contribution in [0.3, 0.4) is 0 Å². The predicted molar refractivity (Wildman–Crippen MR) is 129 cm³/mol. The first-order valence-corrected chi connectivity index (χ1v) is 13.4. The van der Waals surface area contributed by atoms with Gasteiger partial charge in [-0.25, -0.2) is 17.6 Å². The average molecular weight is 506 g/mol. The van der Waals surface area contributed by atoms with Gasteiger partial charge in [0.2, 0.25) is 10.0 Å². The summed E-state index contributed by atoms with van der Waals surface area (Å²) >= 11 is 0. The summed E-state index contributed by atoms with van der Waals surface area (Å²) in [6, 6.07) is 13.1. The Morgan fingerprint density at radius 2 is 1.77 bits per heavy atom. The van der Waals surface area contributed by atoms with Crippen LogP contribution in [-0.4, -0.2) is 85.7 Å². The van der Waals surface area contributed by atoms with Crippen molar-refractivity contribution in [2.75, 3.05) is 45.9 Å². The van der Waals surface area contributed by atoms with E-state index in [1.165, 1.54) is 16.4 Å². The number of halogens is 1. The maximum atomic E-state index is 14.0. The molecule has 0 spiro atoms. The van der Waals surface area contributed by atoms with Crippen LogP contribution in [0.4, 0.5) is 9.18 Å². The van der Waals surface area contributed by atoms with Crippen molar-refractivity contribution in [2.45, 2.75) is 36.2 Å². The first-order chi connectivity index (χ1) is 16.9. The quantitative estimate of drug-likeness (QED) is 0.623. The minimum Gasteiger partial charge on any atom is -0.448 e. The van der Waals surface area contributed by atoms with Crippen LogP contribution in [0.25, 0.3) is 0 Å². The second-order valence-electron chi connectivity index (χ2n) is 8.93. The SMILES string of the molecule is O=C(OC[C@H]1CCC[C@@H](c2cccc(F)c2)N1S(=O)(=O)c1ccccc1)N1CCN(CCO)CC1. The zero-order valence-corrected chi connectivity index (χ0v) is 20.4. The number of carbonyl (C=O) groups is 1. The van der Waals surface area contributed by atoms with Crippen LogP contribution < -0.4 is 0 Å². The standard InChI is InChI=1S/C25H32FN3O5S/c26-21-7-4-6-20(18-21)24-11-5-8-22(29(24)35(32,33)23-9-2-1-3-10-23)19-34-25(31)28-14-12-27(13-15-28)16-17-30/h1-4,6-7,9-10,18,22,24,30H,5,8,11-17,19H2/t22-,24+/m1/s1. The van der Waals surface area contributed by atoms with Crippen LogP contribution >= 0.6 is 0 Å². The molecule has 2 aromatic carbocycles. The Kier molecular flexibility index (Phi) is 8.38. The minimum atomic E-state index is -3.93. The highest BCUT2D eigenvalue weighted by atomic mass is 32.2. The van der Waals surface area contributed by atoms with Gasteiger partial charge in [-0.3, -0.25) is 4.90 Å².